The Balaban J connectivity index is 1.47. The van der Waals surface area contributed by atoms with Crippen molar-refractivity contribution in [3.63, 3.8) is 0 Å². The lowest BCUT2D eigenvalue weighted by Crippen LogP contribution is -2.34. The molecule has 11 nitrogen and oxygen atoms in total. The van der Waals surface area contributed by atoms with Crippen LogP contribution in [0.5, 0.6) is 0 Å². The number of hydrogen-bond acceptors (Lipinski definition) is 10. The normalized spacial score (nSPS) is 21.2. The van der Waals surface area contributed by atoms with Crippen LogP contribution < -0.4 is 10.0 Å². The molecule has 1 amide bonds. The number of rotatable bonds is 10. The molecule has 0 bridgehead atoms. The Hall–Kier alpha value is -3.17. The van der Waals surface area contributed by atoms with Crippen LogP contribution in [0, 0.1) is 5.92 Å². The van der Waals surface area contributed by atoms with Gasteiger partial charge in [-0.15, -0.1) is 11.3 Å². The van der Waals surface area contributed by atoms with Crippen LogP contribution in [-0.4, -0.2) is 65.4 Å². The van der Waals surface area contributed by atoms with Crippen molar-refractivity contribution >= 4 is 50.9 Å². The quantitative estimate of drug-likeness (QED) is 0.260. The maximum atomic E-state index is 14.9. The van der Waals surface area contributed by atoms with Gasteiger partial charge in [-0.3, -0.25) is 8.98 Å². The van der Waals surface area contributed by atoms with Gasteiger partial charge in [0.1, 0.15) is 18.3 Å². The van der Waals surface area contributed by atoms with Crippen LogP contribution in [0.4, 0.5) is 15.0 Å². The van der Waals surface area contributed by atoms with E-state index in [-0.39, 0.29) is 17.8 Å². The molecular weight excluding hydrogens is 563 g/mol. The number of amides is 1. The van der Waals surface area contributed by atoms with Gasteiger partial charge in [0, 0.05) is 12.1 Å². The number of carbonyl (C=O) groups is 2. The first-order valence-electron chi connectivity index (χ1n) is 11.2. The predicted octanol–water partition coefficient (Wildman–Crippen LogP) is 3.04. The summed E-state index contributed by atoms with van der Waals surface area (Å²) in [5, 5.41) is 21.6. The Bertz CT molecular complexity index is 1420. The van der Waals surface area contributed by atoms with Crippen LogP contribution in [-0.2, 0) is 20.9 Å². The van der Waals surface area contributed by atoms with E-state index in [1.54, 1.807) is 6.07 Å². The van der Waals surface area contributed by atoms with Crippen molar-refractivity contribution in [2.24, 2.45) is 5.92 Å². The summed E-state index contributed by atoms with van der Waals surface area (Å²) in [5.41, 5.74) is 1.86. The number of aliphatic hydroxyl groups is 1. The number of benzene rings is 1. The maximum Gasteiger partial charge on any atom is 0.420 e. The molecule has 2 aromatic heterocycles. The molecular formula is C23H22ClFN4O7S2. The summed E-state index contributed by atoms with van der Waals surface area (Å²) < 4.78 is 44.2. The molecule has 202 valence electrons. The smallest absolute Gasteiger partial charge is 0.420 e. The molecule has 0 unspecified atom stereocenters. The highest BCUT2D eigenvalue weighted by atomic mass is 35.5. The number of alkyl halides is 1. The first-order valence-corrected chi connectivity index (χ1v) is 13.8. The van der Waals surface area contributed by atoms with Crippen molar-refractivity contribution in [3.8, 4) is 0 Å². The fraction of sp³-hybridized carbons (Fsp3) is 0.304. The molecule has 4 N–H and O–H groups in total. The third-order valence-corrected chi connectivity index (χ3v) is 8.21. The Morgan fingerprint density at radius 2 is 2.00 bits per heavy atom. The number of aliphatic hydroxyl groups excluding tert-OH is 1. The molecule has 1 aliphatic carbocycles. The highest BCUT2D eigenvalue weighted by Crippen LogP contribution is 2.34. The van der Waals surface area contributed by atoms with E-state index < -0.39 is 53.0 Å². The van der Waals surface area contributed by atoms with E-state index in [1.165, 1.54) is 17.2 Å². The van der Waals surface area contributed by atoms with Gasteiger partial charge in [0.15, 0.2) is 0 Å². The molecule has 4 atom stereocenters. The average Bonchev–Trinajstić information content (AvgIpc) is 3.36. The van der Waals surface area contributed by atoms with Crippen molar-refractivity contribution in [2.45, 2.75) is 31.2 Å². The minimum atomic E-state index is -4.63. The molecule has 1 saturated carbocycles. The second kappa shape index (κ2) is 11.7. The Kier molecular flexibility index (Phi) is 8.57. The topological polar surface area (TPSA) is 168 Å². The van der Waals surface area contributed by atoms with Crippen LogP contribution >= 0.6 is 22.9 Å². The summed E-state index contributed by atoms with van der Waals surface area (Å²) in [4.78, 5) is 32.2. The minimum absolute atomic E-state index is 0.0284. The monoisotopic (exact) mass is 584 g/mol. The summed E-state index contributed by atoms with van der Waals surface area (Å²) in [6.07, 6.45) is -2.41. The van der Waals surface area contributed by atoms with Crippen molar-refractivity contribution in [1.82, 2.24) is 14.7 Å². The molecule has 38 heavy (non-hydrogen) atoms. The van der Waals surface area contributed by atoms with Gasteiger partial charge in [0.2, 0.25) is 5.78 Å². The number of carbonyl (C=O) groups excluding carboxylic acids is 1. The maximum absolute atomic E-state index is 14.9. The lowest BCUT2D eigenvalue weighted by atomic mass is 10.1. The van der Waals surface area contributed by atoms with Crippen molar-refractivity contribution < 1.29 is 36.8 Å². The zero-order chi connectivity index (χ0) is 27.4. The van der Waals surface area contributed by atoms with E-state index in [0.29, 0.717) is 15.6 Å². The summed E-state index contributed by atoms with van der Waals surface area (Å²) in [7, 11) is -4.63. The zero-order valence-corrected chi connectivity index (χ0v) is 21.8. The van der Waals surface area contributed by atoms with E-state index in [4.69, 9.17) is 16.7 Å². The van der Waals surface area contributed by atoms with Gasteiger partial charge in [-0.1, -0.05) is 41.9 Å². The Morgan fingerprint density at radius 1 is 1.26 bits per heavy atom. The zero-order valence-electron chi connectivity index (χ0n) is 19.5. The van der Waals surface area contributed by atoms with Gasteiger partial charge in [-0.05, 0) is 30.0 Å². The van der Waals surface area contributed by atoms with Gasteiger partial charge in [0.05, 0.1) is 33.5 Å². The van der Waals surface area contributed by atoms with Gasteiger partial charge in [-0.25, -0.2) is 19.2 Å². The molecule has 4 rings (SSSR count). The Morgan fingerprint density at radius 3 is 2.71 bits per heavy atom. The first-order chi connectivity index (χ1) is 18.0. The fourth-order valence-electron chi connectivity index (χ4n) is 4.09. The third-order valence-electron chi connectivity index (χ3n) is 5.90. The fourth-order valence-corrected chi connectivity index (χ4v) is 5.94. The van der Waals surface area contributed by atoms with E-state index >= 15 is 0 Å². The van der Waals surface area contributed by atoms with E-state index in [0.717, 1.165) is 22.5 Å². The van der Waals surface area contributed by atoms with Crippen LogP contribution in [0.25, 0.3) is 0 Å². The summed E-state index contributed by atoms with van der Waals surface area (Å²) in [6.45, 7) is -0.657. The van der Waals surface area contributed by atoms with Crippen LogP contribution in [0.15, 0.2) is 48.9 Å². The van der Waals surface area contributed by atoms with Crippen LogP contribution in [0.1, 0.15) is 32.8 Å². The molecule has 0 radical (unpaired) electrons. The van der Waals surface area contributed by atoms with Gasteiger partial charge >= 0.3 is 16.4 Å². The number of anilines is 1. The summed E-state index contributed by atoms with van der Waals surface area (Å²) in [6, 6.07) is 10.2. The molecule has 1 fully saturated rings. The molecule has 3 aromatic rings. The minimum Gasteiger partial charge on any atom is -0.464 e. The number of thiophene rings is 1. The molecule has 0 saturated heterocycles. The number of nitrogens with zero attached hydrogens (tertiary/aromatic N) is 2. The lowest BCUT2D eigenvalue weighted by molar-refractivity contribution is 0.0498. The number of halogens is 2. The van der Waals surface area contributed by atoms with E-state index in [2.05, 4.69) is 19.5 Å². The largest absolute Gasteiger partial charge is 0.464 e. The summed E-state index contributed by atoms with van der Waals surface area (Å²) >= 11 is 7.49. The molecule has 15 heteroatoms. The third kappa shape index (κ3) is 6.63. The lowest BCUT2D eigenvalue weighted by Gasteiger charge is -2.18. The van der Waals surface area contributed by atoms with Crippen molar-refractivity contribution in [3.05, 3.63) is 74.8 Å². The molecule has 0 spiro atoms. The number of hydrogen-bond donors (Lipinski definition) is 4. The van der Waals surface area contributed by atoms with Crippen molar-refractivity contribution in [2.75, 3.05) is 11.9 Å². The molecule has 2 heterocycles. The van der Waals surface area contributed by atoms with Gasteiger partial charge in [-0.2, -0.15) is 13.1 Å². The SMILES string of the molecule is O=C(O)NS(=O)(=O)OC[C@H]1C[C@@H](Nc2ncncc2C(=O)c2cc(Cc3ccccc3)c(Cl)s2)[C@@H](F)[C@@H]1O. The number of aromatic nitrogens is 2. The van der Waals surface area contributed by atoms with Gasteiger partial charge in [0.25, 0.3) is 0 Å². The van der Waals surface area contributed by atoms with Gasteiger partial charge < -0.3 is 15.5 Å². The Labute approximate surface area is 225 Å². The molecule has 1 aliphatic rings. The van der Waals surface area contributed by atoms with Crippen LogP contribution in [0.2, 0.25) is 4.34 Å². The molecule has 0 aliphatic heterocycles. The second-order valence-electron chi connectivity index (χ2n) is 8.51. The summed E-state index contributed by atoms with van der Waals surface area (Å²) in [5.74, 6) is -1.38. The van der Waals surface area contributed by atoms with Crippen molar-refractivity contribution in [1.29, 1.82) is 0 Å². The standard InChI is InChI=1S/C23H22ClFN4O7S2/c24-21-13(6-12-4-2-1-3-5-12)8-17(37-21)20(31)15-9-26-11-27-22(15)28-16-7-14(19(30)18(16)25)10-36-38(34,35)29-23(32)33/h1-5,8-9,11,14,16,18-19,29-30H,6-7,10H2,(H,32,33)(H,26,27,28)/t14-,16-,18-,19-/m1/s1. The van der Waals surface area contributed by atoms with Crippen LogP contribution in [0.3, 0.4) is 0 Å². The molecule has 1 aromatic carbocycles. The first kappa shape index (κ1) is 27.9. The number of ketones is 1. The van der Waals surface area contributed by atoms with E-state index in [1.807, 2.05) is 30.3 Å². The second-order valence-corrected chi connectivity index (χ2v) is 11.5. The predicted molar refractivity (Wildman–Crippen MR) is 136 cm³/mol. The van der Waals surface area contributed by atoms with E-state index in [9.17, 15) is 27.5 Å². The number of nitrogens with one attached hydrogen (secondary N) is 2. The highest BCUT2D eigenvalue weighted by molar-refractivity contribution is 7.85. The average molecular weight is 585 g/mol. The number of carboxylic acid groups (broad SMARTS) is 1. The highest BCUT2D eigenvalue weighted by Gasteiger charge is 2.44.